The zero-order chi connectivity index (χ0) is 9.42. The SMILES string of the molecule is CCc1cc2c(F)ccc(F)c2[nH]1. The second-order valence-corrected chi connectivity index (χ2v) is 2.97. The van der Waals surface area contributed by atoms with Crippen molar-refractivity contribution in [2.45, 2.75) is 13.3 Å². The molecule has 0 aliphatic heterocycles. The minimum Gasteiger partial charge on any atom is -0.356 e. The maximum absolute atomic E-state index is 13.1. The predicted molar refractivity (Wildman–Crippen MR) is 47.6 cm³/mol. The van der Waals surface area contributed by atoms with Crippen molar-refractivity contribution in [2.75, 3.05) is 0 Å². The van der Waals surface area contributed by atoms with Crippen LogP contribution in [0.15, 0.2) is 18.2 Å². The largest absolute Gasteiger partial charge is 0.356 e. The smallest absolute Gasteiger partial charge is 0.147 e. The van der Waals surface area contributed by atoms with Gasteiger partial charge in [0.25, 0.3) is 0 Å². The molecule has 13 heavy (non-hydrogen) atoms. The van der Waals surface area contributed by atoms with Crippen LogP contribution in [-0.2, 0) is 6.42 Å². The van der Waals surface area contributed by atoms with Crippen molar-refractivity contribution < 1.29 is 8.78 Å². The molecule has 0 amide bonds. The van der Waals surface area contributed by atoms with Gasteiger partial charge in [0.1, 0.15) is 11.6 Å². The fourth-order valence-corrected chi connectivity index (χ4v) is 1.40. The van der Waals surface area contributed by atoms with Crippen LogP contribution >= 0.6 is 0 Å². The van der Waals surface area contributed by atoms with Crippen LogP contribution in [0, 0.1) is 11.6 Å². The third-order valence-corrected chi connectivity index (χ3v) is 2.13. The van der Waals surface area contributed by atoms with Crippen molar-refractivity contribution >= 4 is 10.9 Å². The minimum absolute atomic E-state index is 0.261. The normalized spacial score (nSPS) is 11.0. The van der Waals surface area contributed by atoms with E-state index in [1.807, 2.05) is 6.92 Å². The minimum atomic E-state index is -0.406. The van der Waals surface area contributed by atoms with E-state index in [0.29, 0.717) is 5.39 Å². The Labute approximate surface area is 74.4 Å². The molecule has 0 saturated carbocycles. The van der Waals surface area contributed by atoms with Gasteiger partial charge < -0.3 is 4.98 Å². The topological polar surface area (TPSA) is 15.8 Å². The lowest BCUT2D eigenvalue weighted by Crippen LogP contribution is -1.81. The number of aryl methyl sites for hydroxylation is 1. The Bertz CT molecular complexity index is 406. The van der Waals surface area contributed by atoms with Crippen molar-refractivity contribution in [2.24, 2.45) is 0 Å². The molecular weight excluding hydrogens is 172 g/mol. The number of halogens is 2. The quantitative estimate of drug-likeness (QED) is 0.696. The van der Waals surface area contributed by atoms with Gasteiger partial charge in [-0.15, -0.1) is 0 Å². The van der Waals surface area contributed by atoms with Crippen LogP contribution in [0.3, 0.4) is 0 Å². The summed E-state index contributed by atoms with van der Waals surface area (Å²) in [5.74, 6) is -0.788. The van der Waals surface area contributed by atoms with Crippen molar-refractivity contribution in [3.05, 3.63) is 35.5 Å². The van der Waals surface area contributed by atoms with Gasteiger partial charge in [-0.2, -0.15) is 0 Å². The molecule has 0 saturated heterocycles. The zero-order valence-electron chi connectivity index (χ0n) is 7.20. The molecule has 2 aromatic rings. The average Bonchev–Trinajstić information content (AvgIpc) is 2.56. The molecule has 2 rings (SSSR count). The number of hydrogen-bond acceptors (Lipinski definition) is 0. The monoisotopic (exact) mass is 181 g/mol. The first-order valence-electron chi connectivity index (χ1n) is 4.18. The number of fused-ring (bicyclic) bond motifs is 1. The molecule has 0 fully saturated rings. The van der Waals surface area contributed by atoms with Gasteiger partial charge in [0.15, 0.2) is 0 Å². The van der Waals surface area contributed by atoms with Gasteiger partial charge in [0, 0.05) is 11.1 Å². The number of aromatic nitrogens is 1. The lowest BCUT2D eigenvalue weighted by Gasteiger charge is -1.92. The molecule has 3 heteroatoms. The zero-order valence-corrected chi connectivity index (χ0v) is 7.20. The number of rotatable bonds is 1. The molecule has 68 valence electrons. The molecule has 0 atom stereocenters. The Morgan fingerprint density at radius 3 is 2.54 bits per heavy atom. The molecule has 0 bridgehead atoms. The van der Waals surface area contributed by atoms with Gasteiger partial charge >= 0.3 is 0 Å². The first-order chi connectivity index (χ1) is 6.22. The molecule has 0 radical (unpaired) electrons. The summed E-state index contributed by atoms with van der Waals surface area (Å²) in [6.45, 7) is 1.93. The van der Waals surface area contributed by atoms with E-state index in [1.54, 1.807) is 6.07 Å². The summed E-state index contributed by atoms with van der Waals surface area (Å²) in [5.41, 5.74) is 1.11. The highest BCUT2D eigenvalue weighted by Crippen LogP contribution is 2.21. The maximum atomic E-state index is 13.1. The number of nitrogens with one attached hydrogen (secondary N) is 1. The van der Waals surface area contributed by atoms with Crippen LogP contribution in [-0.4, -0.2) is 4.98 Å². The molecule has 0 aliphatic carbocycles. The van der Waals surface area contributed by atoms with E-state index >= 15 is 0 Å². The van der Waals surface area contributed by atoms with E-state index in [4.69, 9.17) is 0 Å². The number of aromatic amines is 1. The summed E-state index contributed by atoms with van der Waals surface area (Å²) in [7, 11) is 0. The molecule has 1 heterocycles. The molecule has 1 aromatic heterocycles. The lowest BCUT2D eigenvalue weighted by atomic mass is 10.2. The first-order valence-corrected chi connectivity index (χ1v) is 4.18. The Kier molecular flexibility index (Phi) is 1.79. The van der Waals surface area contributed by atoms with E-state index in [-0.39, 0.29) is 11.3 Å². The van der Waals surface area contributed by atoms with E-state index in [0.717, 1.165) is 24.2 Å². The summed E-state index contributed by atoms with van der Waals surface area (Å²) >= 11 is 0. The van der Waals surface area contributed by atoms with Crippen molar-refractivity contribution in [3.8, 4) is 0 Å². The van der Waals surface area contributed by atoms with Crippen LogP contribution in [0.4, 0.5) is 8.78 Å². The lowest BCUT2D eigenvalue weighted by molar-refractivity contribution is 0.616. The van der Waals surface area contributed by atoms with Crippen LogP contribution in [0.1, 0.15) is 12.6 Å². The van der Waals surface area contributed by atoms with Gasteiger partial charge in [-0.3, -0.25) is 0 Å². The second kappa shape index (κ2) is 2.83. The standard InChI is InChI=1S/C10H9F2N/c1-2-6-5-7-8(11)3-4-9(12)10(7)13-6/h3-5,13H,2H2,1H3. The van der Waals surface area contributed by atoms with Gasteiger partial charge in [0.05, 0.1) is 5.52 Å². The first kappa shape index (κ1) is 8.23. The summed E-state index contributed by atoms with van der Waals surface area (Å²) in [5, 5.41) is 0.330. The molecule has 1 nitrogen and oxygen atoms in total. The van der Waals surface area contributed by atoms with Crippen LogP contribution in [0.25, 0.3) is 10.9 Å². The fourth-order valence-electron chi connectivity index (χ4n) is 1.40. The van der Waals surface area contributed by atoms with Gasteiger partial charge in [0.2, 0.25) is 0 Å². The van der Waals surface area contributed by atoms with Crippen molar-refractivity contribution in [1.82, 2.24) is 4.98 Å². The van der Waals surface area contributed by atoms with Crippen molar-refractivity contribution in [1.29, 1.82) is 0 Å². The Balaban J connectivity index is 2.80. The molecule has 0 aliphatic rings. The van der Waals surface area contributed by atoms with E-state index < -0.39 is 5.82 Å². The van der Waals surface area contributed by atoms with E-state index in [2.05, 4.69) is 4.98 Å². The molecule has 0 spiro atoms. The molecule has 0 unspecified atom stereocenters. The highest BCUT2D eigenvalue weighted by atomic mass is 19.1. The number of hydrogen-bond donors (Lipinski definition) is 1. The fraction of sp³-hybridized carbons (Fsp3) is 0.200. The average molecular weight is 181 g/mol. The molecule has 1 aromatic carbocycles. The predicted octanol–water partition coefficient (Wildman–Crippen LogP) is 3.01. The van der Waals surface area contributed by atoms with Crippen molar-refractivity contribution in [3.63, 3.8) is 0 Å². The van der Waals surface area contributed by atoms with Crippen LogP contribution in [0.2, 0.25) is 0 Å². The van der Waals surface area contributed by atoms with Crippen LogP contribution < -0.4 is 0 Å². The summed E-state index contributed by atoms with van der Waals surface area (Å²) in [6, 6.07) is 3.92. The maximum Gasteiger partial charge on any atom is 0.147 e. The summed E-state index contributed by atoms with van der Waals surface area (Å²) in [4.78, 5) is 2.84. The third kappa shape index (κ3) is 1.20. The van der Waals surface area contributed by atoms with E-state index in [9.17, 15) is 8.78 Å². The van der Waals surface area contributed by atoms with E-state index in [1.165, 1.54) is 0 Å². The Morgan fingerprint density at radius 1 is 1.23 bits per heavy atom. The summed E-state index contributed by atoms with van der Waals surface area (Å²) < 4.78 is 26.2. The molecular formula is C10H9F2N. The highest BCUT2D eigenvalue weighted by molar-refractivity contribution is 5.81. The van der Waals surface area contributed by atoms with Gasteiger partial charge in [-0.05, 0) is 24.6 Å². The Morgan fingerprint density at radius 2 is 1.92 bits per heavy atom. The number of benzene rings is 1. The van der Waals surface area contributed by atoms with Gasteiger partial charge in [-0.25, -0.2) is 8.78 Å². The summed E-state index contributed by atoms with van der Waals surface area (Å²) in [6.07, 6.45) is 0.744. The Hall–Kier alpha value is -1.38. The highest BCUT2D eigenvalue weighted by Gasteiger charge is 2.08. The molecule has 1 N–H and O–H groups in total. The third-order valence-electron chi connectivity index (χ3n) is 2.13. The number of H-pyrrole nitrogens is 1. The van der Waals surface area contributed by atoms with Crippen LogP contribution in [0.5, 0.6) is 0 Å². The van der Waals surface area contributed by atoms with Gasteiger partial charge in [-0.1, -0.05) is 6.92 Å². The second-order valence-electron chi connectivity index (χ2n) is 2.97.